The van der Waals surface area contributed by atoms with Gasteiger partial charge in [0.05, 0.1) is 11.3 Å². The van der Waals surface area contributed by atoms with Crippen molar-refractivity contribution in [2.45, 2.75) is 63.6 Å². The van der Waals surface area contributed by atoms with E-state index < -0.39 is 58.8 Å². The van der Waals surface area contributed by atoms with Crippen LogP contribution in [-0.2, 0) is 22.6 Å². The second-order valence-electron chi connectivity index (χ2n) is 14.5. The van der Waals surface area contributed by atoms with Crippen LogP contribution in [0.4, 0.5) is 50.9 Å². The Morgan fingerprint density at radius 3 is 2.11 bits per heavy atom. The number of thioether (sulfide) groups is 1. The lowest BCUT2D eigenvalue weighted by Gasteiger charge is -2.26. The van der Waals surface area contributed by atoms with E-state index in [1.54, 1.807) is 20.1 Å². The zero-order valence-corrected chi connectivity index (χ0v) is 37.0. The van der Waals surface area contributed by atoms with Crippen molar-refractivity contribution in [2.75, 3.05) is 28.9 Å². The molecule has 0 fully saturated rings. The first-order chi connectivity index (χ1) is 30.8. The number of amides is 2. The molecule has 2 amide bonds. The van der Waals surface area contributed by atoms with Gasteiger partial charge in [0.25, 0.3) is 22.6 Å². The van der Waals surface area contributed by atoms with Gasteiger partial charge in [-0.05, 0) is 86.8 Å². The monoisotopic (exact) mass is 971 g/mol. The molecular weight excluding hydrogens is 934 g/mol. The van der Waals surface area contributed by atoms with Crippen LogP contribution in [0, 0.1) is 17.5 Å². The number of alkyl halides is 6. The van der Waals surface area contributed by atoms with E-state index in [-0.39, 0.29) is 56.4 Å². The smallest absolute Gasteiger partial charge is 0.445 e. The predicted molar refractivity (Wildman–Crippen MR) is 226 cm³/mol. The Balaban J connectivity index is 0.000000228. The fourth-order valence-electron chi connectivity index (χ4n) is 5.18. The van der Waals surface area contributed by atoms with Crippen molar-refractivity contribution in [3.63, 3.8) is 0 Å². The molecule has 0 saturated heterocycles. The molecule has 0 spiro atoms. The fourth-order valence-corrected chi connectivity index (χ4v) is 6.14. The summed E-state index contributed by atoms with van der Waals surface area (Å²) >= 11 is 1.50. The van der Waals surface area contributed by atoms with E-state index in [0.29, 0.717) is 22.6 Å². The van der Waals surface area contributed by atoms with Gasteiger partial charge in [0.1, 0.15) is 34.5 Å². The van der Waals surface area contributed by atoms with Crippen LogP contribution in [0.15, 0.2) is 95.0 Å². The number of nitrogens with two attached hydrogens (primary N) is 1. The van der Waals surface area contributed by atoms with Crippen molar-refractivity contribution in [1.82, 2.24) is 30.1 Å². The van der Waals surface area contributed by atoms with Crippen molar-refractivity contribution < 1.29 is 58.6 Å². The maximum atomic E-state index is 13.7. The van der Waals surface area contributed by atoms with E-state index in [1.807, 2.05) is 20.8 Å². The maximum Gasteiger partial charge on any atom is 0.445 e. The molecular formula is C41H38F9N9O5S2. The minimum atomic E-state index is -4.61. The van der Waals surface area contributed by atoms with Crippen molar-refractivity contribution in [3.8, 4) is 16.8 Å². The molecule has 0 saturated carbocycles. The van der Waals surface area contributed by atoms with Crippen LogP contribution in [0.5, 0.6) is 16.8 Å². The van der Waals surface area contributed by atoms with Gasteiger partial charge in [-0.2, -0.15) is 31.0 Å². The summed E-state index contributed by atoms with van der Waals surface area (Å²) in [4.78, 5) is 41.6. The lowest BCUT2D eigenvalue weighted by molar-refractivity contribution is -0.138. The molecule has 0 radical (unpaired) electrons. The van der Waals surface area contributed by atoms with Gasteiger partial charge in [0, 0.05) is 29.4 Å². The van der Waals surface area contributed by atoms with Gasteiger partial charge in [-0.1, -0.05) is 55.0 Å². The molecule has 3 aromatic carbocycles. The molecule has 3 heterocycles. The Morgan fingerprint density at radius 2 is 1.53 bits per heavy atom. The van der Waals surface area contributed by atoms with Crippen molar-refractivity contribution in [1.29, 1.82) is 0 Å². The Labute approximate surface area is 378 Å². The number of halogens is 9. The SMILES string of the molecule is CC(C)N(C(=O)COc1nnc(C(F)(F)F)s1)c1ccc(F)cc1.CSc1nnc(C(C)(C)C)c(=O)n1N.O=C(Nc1ccc(F)cc1F)c1cccnc1Oc1cccc(C(F)(F)F)c1. The van der Waals surface area contributed by atoms with Gasteiger partial charge in [-0.3, -0.25) is 14.4 Å². The van der Waals surface area contributed by atoms with E-state index in [4.69, 9.17) is 15.3 Å². The molecule has 6 rings (SSSR count). The van der Waals surface area contributed by atoms with Gasteiger partial charge in [-0.25, -0.2) is 18.2 Å². The summed E-state index contributed by atoms with van der Waals surface area (Å²) in [5, 5.41) is 15.1. The number of carbonyl (C=O) groups is 2. The van der Waals surface area contributed by atoms with Crippen LogP contribution in [0.3, 0.4) is 0 Å². The highest BCUT2D eigenvalue weighted by molar-refractivity contribution is 7.98. The van der Waals surface area contributed by atoms with Gasteiger partial charge >= 0.3 is 12.4 Å². The Kier molecular flexibility index (Phi) is 17.3. The number of nitrogens with zero attached hydrogens (tertiary/aromatic N) is 7. The Morgan fingerprint density at radius 1 is 0.864 bits per heavy atom. The summed E-state index contributed by atoms with van der Waals surface area (Å²) in [6.45, 7) is 8.68. The second-order valence-corrected chi connectivity index (χ2v) is 16.2. The first kappa shape index (κ1) is 51.9. The average molecular weight is 972 g/mol. The van der Waals surface area contributed by atoms with Crippen molar-refractivity contribution >= 4 is 46.3 Å². The summed E-state index contributed by atoms with van der Waals surface area (Å²) in [5.41, 5.74) is -1.13. The van der Waals surface area contributed by atoms with E-state index >= 15 is 0 Å². The van der Waals surface area contributed by atoms with Crippen LogP contribution in [0.2, 0.25) is 0 Å². The molecule has 0 atom stereocenters. The largest absolute Gasteiger partial charge is 0.459 e. The van der Waals surface area contributed by atoms with Gasteiger partial charge in [0.15, 0.2) is 6.61 Å². The highest BCUT2D eigenvalue weighted by atomic mass is 32.2. The Hall–Kier alpha value is -6.76. The summed E-state index contributed by atoms with van der Waals surface area (Å²) in [7, 11) is 0. The van der Waals surface area contributed by atoms with Crippen LogP contribution < -0.4 is 31.1 Å². The van der Waals surface area contributed by atoms with Gasteiger partial charge < -0.3 is 25.5 Å². The zero-order chi connectivity index (χ0) is 49.1. The second kappa shape index (κ2) is 21.9. The molecule has 14 nitrogen and oxygen atoms in total. The molecule has 3 N–H and O–H groups in total. The highest BCUT2D eigenvalue weighted by Crippen LogP contribution is 2.35. The number of hydrogen-bond donors (Lipinski definition) is 2. The molecule has 3 aromatic heterocycles. The summed E-state index contributed by atoms with van der Waals surface area (Å²) < 4.78 is 127. The zero-order valence-electron chi connectivity index (χ0n) is 35.3. The van der Waals surface area contributed by atoms with Crippen LogP contribution >= 0.6 is 23.1 Å². The number of nitrogen functional groups attached to an aromatic ring is 1. The normalized spacial score (nSPS) is 11.5. The number of benzene rings is 3. The highest BCUT2D eigenvalue weighted by Gasteiger charge is 2.36. The number of pyridine rings is 1. The molecule has 0 aliphatic carbocycles. The number of ether oxygens (including phenoxy) is 2. The van der Waals surface area contributed by atoms with Gasteiger partial charge in [-0.15, -0.1) is 15.3 Å². The van der Waals surface area contributed by atoms with Crippen LogP contribution in [-0.4, -0.2) is 60.8 Å². The molecule has 0 bridgehead atoms. The number of nitrogens with one attached hydrogen (secondary N) is 1. The van der Waals surface area contributed by atoms with E-state index in [1.165, 1.54) is 65.3 Å². The number of anilines is 2. The first-order valence-corrected chi connectivity index (χ1v) is 20.8. The third-order valence-electron chi connectivity index (χ3n) is 8.18. The lowest BCUT2D eigenvalue weighted by Crippen LogP contribution is -2.40. The van der Waals surface area contributed by atoms with Crippen molar-refractivity contribution in [2.24, 2.45) is 0 Å². The maximum absolute atomic E-state index is 13.7. The summed E-state index contributed by atoms with van der Waals surface area (Å²) in [6, 6.07) is 14.4. The standard InChI is InChI=1S/C19H11F5N2O2.C14H13F4N3O2S.C8H14N4OS/c20-12-6-7-16(15(21)10-12)26-17(27)14-5-2-8-25-18(14)28-13-4-1-3-11(9-13)19(22,23)24;1-8(2)21(10-5-3-9(15)4-6-10)11(22)7-23-13-20-19-12(24-13)14(16,17)18;1-8(2,3)5-6(13)12(9)7(14-4)11-10-5/h1-10H,(H,26,27);3-6,8H,7H2,1-2H3;9H2,1-4H3. The molecule has 0 aliphatic heterocycles. The number of rotatable bonds is 10. The minimum Gasteiger partial charge on any atom is -0.459 e. The summed E-state index contributed by atoms with van der Waals surface area (Å²) in [5.74, 6) is 1.53. The fraction of sp³-hybridized carbons (Fsp3) is 0.268. The lowest BCUT2D eigenvalue weighted by atomic mass is 9.93. The average Bonchev–Trinajstić information content (AvgIpc) is 3.73. The van der Waals surface area contributed by atoms with E-state index in [9.17, 15) is 53.9 Å². The van der Waals surface area contributed by atoms with Crippen molar-refractivity contribution in [3.05, 3.63) is 135 Å². The molecule has 6 aromatic rings. The summed E-state index contributed by atoms with van der Waals surface area (Å²) in [6.07, 6.45) is -6.10. The molecule has 0 unspecified atom stereocenters. The Bertz CT molecular complexity index is 2680. The van der Waals surface area contributed by atoms with Gasteiger partial charge in [0.2, 0.25) is 16.0 Å². The quantitative estimate of drug-likeness (QED) is 0.0756. The number of aromatic nitrogens is 6. The third-order valence-corrected chi connectivity index (χ3v) is 9.71. The third kappa shape index (κ3) is 14.4. The van der Waals surface area contributed by atoms with Crippen LogP contribution in [0.1, 0.15) is 61.2 Å². The van der Waals surface area contributed by atoms with E-state index in [2.05, 4.69) is 30.7 Å². The molecule has 66 heavy (non-hydrogen) atoms. The first-order valence-electron chi connectivity index (χ1n) is 18.8. The molecule has 352 valence electrons. The minimum absolute atomic E-state index is 0.149. The van der Waals surface area contributed by atoms with Crippen LogP contribution in [0.25, 0.3) is 0 Å². The number of carbonyl (C=O) groups excluding carboxylic acids is 2. The predicted octanol–water partition coefficient (Wildman–Crippen LogP) is 9.31. The molecule has 25 heteroatoms. The number of hydrogen-bond acceptors (Lipinski definition) is 13. The van der Waals surface area contributed by atoms with E-state index in [0.717, 1.165) is 35.0 Å². The molecule has 0 aliphatic rings. The topological polar surface area (TPSA) is 180 Å².